The van der Waals surface area contributed by atoms with E-state index in [-0.39, 0.29) is 12.3 Å². The third kappa shape index (κ3) is 10.9. The summed E-state index contributed by atoms with van der Waals surface area (Å²) >= 11 is 2.79. The summed E-state index contributed by atoms with van der Waals surface area (Å²) in [6, 6.07) is 6.39. The van der Waals surface area contributed by atoms with Crippen LogP contribution in [0.25, 0.3) is 21.0 Å². The van der Waals surface area contributed by atoms with Crippen molar-refractivity contribution in [1.29, 1.82) is 0 Å². The number of hydrogen-bond acceptors (Lipinski definition) is 11. The molecule has 2 heterocycles. The average molecular weight is 728 g/mol. The number of carbonyl (C=O) groups excluding carboxylic acids is 5. The van der Waals surface area contributed by atoms with Gasteiger partial charge in [-0.05, 0) is 70.5 Å². The van der Waals surface area contributed by atoms with Gasteiger partial charge in [0, 0.05) is 30.3 Å². The molecule has 15 nitrogen and oxygen atoms in total. The third-order valence-corrected chi connectivity index (χ3v) is 9.54. The van der Waals surface area contributed by atoms with E-state index in [1.54, 1.807) is 26.8 Å². The van der Waals surface area contributed by atoms with Gasteiger partial charge in [0.25, 0.3) is 0 Å². The van der Waals surface area contributed by atoms with E-state index in [1.807, 2.05) is 24.3 Å². The van der Waals surface area contributed by atoms with Crippen molar-refractivity contribution >= 4 is 90.5 Å². The molecule has 3 atom stereocenters. The number of rotatable bonds is 14. The normalized spacial score (nSPS) is 15.5. The van der Waals surface area contributed by atoms with Gasteiger partial charge in [-0.1, -0.05) is 12.1 Å². The number of fused-ring (bicyclic) bond motifs is 3. The Balaban J connectivity index is 1.42. The second-order valence-corrected chi connectivity index (χ2v) is 14.6. The quantitative estimate of drug-likeness (QED) is 0.133. The minimum atomic E-state index is -1.02. The van der Waals surface area contributed by atoms with Crippen LogP contribution in [0.3, 0.4) is 0 Å². The van der Waals surface area contributed by atoms with E-state index in [1.165, 1.54) is 36.9 Å². The van der Waals surface area contributed by atoms with Crippen molar-refractivity contribution in [2.75, 3.05) is 24.2 Å². The van der Waals surface area contributed by atoms with Crippen molar-refractivity contribution in [1.82, 2.24) is 26.3 Å². The highest BCUT2D eigenvalue weighted by Crippen LogP contribution is 2.35. The van der Waals surface area contributed by atoms with Gasteiger partial charge < -0.3 is 36.4 Å². The number of nitrogens with zero attached hydrogens (tertiary/aromatic N) is 2. The fourth-order valence-corrected chi connectivity index (χ4v) is 7.06. The fraction of sp³-hybridized carbons (Fsp3) is 0.455. The summed E-state index contributed by atoms with van der Waals surface area (Å²) in [5, 5.41) is 25.4. The molecule has 0 aliphatic carbocycles. The number of alkyl carbamates (subject to hydrolysis) is 1. The predicted molar refractivity (Wildman–Crippen MR) is 192 cm³/mol. The summed E-state index contributed by atoms with van der Waals surface area (Å²) in [6.45, 7) is 7.95. The second-order valence-electron chi connectivity index (χ2n) is 12.6. The van der Waals surface area contributed by atoms with Gasteiger partial charge in [0.05, 0.1) is 10.2 Å². The maximum atomic E-state index is 13.5. The molecule has 6 N–H and O–H groups in total. The largest absolute Gasteiger partial charge is 0.480 e. The van der Waals surface area contributed by atoms with Gasteiger partial charge in [0.15, 0.2) is 6.04 Å². The Kier molecular flexibility index (Phi) is 12.7. The lowest BCUT2D eigenvalue weighted by Gasteiger charge is -2.22. The number of thioether (sulfide) groups is 1. The van der Waals surface area contributed by atoms with Crippen LogP contribution < -0.4 is 26.6 Å². The second kappa shape index (κ2) is 16.8. The minimum absolute atomic E-state index is 0.167. The van der Waals surface area contributed by atoms with E-state index in [2.05, 4.69) is 36.6 Å². The van der Waals surface area contributed by atoms with E-state index < -0.39 is 60.1 Å². The van der Waals surface area contributed by atoms with Crippen molar-refractivity contribution in [3.8, 4) is 0 Å². The Labute approximate surface area is 296 Å². The molecule has 1 aromatic heterocycles. The van der Waals surface area contributed by atoms with Crippen molar-refractivity contribution in [2.45, 2.75) is 77.6 Å². The molecule has 0 bridgehead atoms. The molecule has 4 rings (SSSR count). The molecule has 3 aromatic rings. The summed E-state index contributed by atoms with van der Waals surface area (Å²) in [7, 11) is 0. The lowest BCUT2D eigenvalue weighted by Crippen LogP contribution is -2.52. The number of aromatic nitrogens is 1. The van der Waals surface area contributed by atoms with Gasteiger partial charge in [0.1, 0.15) is 34.3 Å². The molecule has 3 unspecified atom stereocenters. The number of anilines is 1. The zero-order valence-corrected chi connectivity index (χ0v) is 30.0. The van der Waals surface area contributed by atoms with E-state index >= 15 is 0 Å². The molecule has 0 saturated heterocycles. The molecule has 0 fully saturated rings. The summed E-state index contributed by atoms with van der Waals surface area (Å²) in [5.41, 5.74) is 0.510. The van der Waals surface area contributed by atoms with Crippen LogP contribution in [0.5, 0.6) is 0 Å². The maximum Gasteiger partial charge on any atom is 0.408 e. The number of aliphatic carboxylic acids is 1. The number of carboxylic acids is 1. The number of nitrogens with one attached hydrogen (secondary N) is 5. The highest BCUT2D eigenvalue weighted by molar-refractivity contribution is 8.15. The number of ether oxygens (including phenoxy) is 1. The summed E-state index contributed by atoms with van der Waals surface area (Å²) in [4.78, 5) is 82.4. The van der Waals surface area contributed by atoms with E-state index in [0.717, 1.165) is 21.0 Å². The van der Waals surface area contributed by atoms with Crippen LogP contribution in [0.1, 0.15) is 58.9 Å². The SMILES string of the molecule is CC(=O)NCCCCC(NC(=O)C(C)NC(=O)CNC(=O)OC(C)(C)C)C(=O)Nc1ccc2c(ccc3nc(C4=NC(C(=O)O)CS4)sc32)c1. The fourth-order valence-electron chi connectivity index (χ4n) is 4.86. The highest BCUT2D eigenvalue weighted by atomic mass is 32.2. The molecule has 0 saturated carbocycles. The summed E-state index contributed by atoms with van der Waals surface area (Å²) in [6.07, 6.45) is 0.580. The topological polar surface area (TPSA) is 217 Å². The predicted octanol–water partition coefficient (Wildman–Crippen LogP) is 3.16. The van der Waals surface area contributed by atoms with Crippen molar-refractivity contribution in [3.05, 3.63) is 35.3 Å². The molecule has 17 heteroatoms. The first-order valence-corrected chi connectivity index (χ1v) is 17.8. The van der Waals surface area contributed by atoms with Gasteiger partial charge in [0.2, 0.25) is 23.6 Å². The number of benzene rings is 2. The Morgan fingerprint density at radius 3 is 2.46 bits per heavy atom. The van der Waals surface area contributed by atoms with Crippen LogP contribution in [0.2, 0.25) is 0 Å². The summed E-state index contributed by atoms with van der Waals surface area (Å²) in [5.74, 6) is -2.45. The van der Waals surface area contributed by atoms with Gasteiger partial charge in [-0.3, -0.25) is 24.2 Å². The van der Waals surface area contributed by atoms with E-state index in [4.69, 9.17) is 4.74 Å². The number of hydrogen-bond donors (Lipinski definition) is 6. The van der Waals surface area contributed by atoms with E-state index in [9.17, 15) is 33.9 Å². The van der Waals surface area contributed by atoms with Crippen molar-refractivity contribution in [3.63, 3.8) is 0 Å². The standard InChI is InChI=1S/C33H41N7O8S2/c1-17(36-25(42)15-35-32(47)48-33(3,4)5)27(43)38-23(8-6-7-13-34-18(2)41)28(44)37-20-10-11-21-19(14-20)9-12-22-26(21)50-30(39-22)29-40-24(16-49-29)31(45)46/h9-12,14,17,23-24H,6-8,13,15-16H2,1-5H3,(H,34,41)(H,35,47)(H,36,42)(H,37,44)(H,38,43)(H,45,46). The van der Waals surface area contributed by atoms with Crippen LogP contribution in [0.4, 0.5) is 10.5 Å². The molecule has 268 valence electrons. The third-order valence-electron chi connectivity index (χ3n) is 7.25. The zero-order valence-electron chi connectivity index (χ0n) is 28.4. The number of carbonyl (C=O) groups is 6. The molecular weight excluding hydrogens is 687 g/mol. The van der Waals surface area contributed by atoms with Gasteiger partial charge in [-0.2, -0.15) is 0 Å². The number of carboxylic acid groups (broad SMARTS) is 1. The van der Waals surface area contributed by atoms with E-state index in [0.29, 0.717) is 40.9 Å². The first-order valence-electron chi connectivity index (χ1n) is 16.0. The van der Waals surface area contributed by atoms with Crippen molar-refractivity contribution in [2.24, 2.45) is 4.99 Å². The first-order chi connectivity index (χ1) is 23.6. The number of amides is 5. The molecule has 0 radical (unpaired) electrons. The zero-order chi connectivity index (χ0) is 36.6. The number of thiazole rings is 1. The smallest absolute Gasteiger partial charge is 0.408 e. The van der Waals surface area contributed by atoms with Crippen LogP contribution >= 0.6 is 23.1 Å². The minimum Gasteiger partial charge on any atom is -0.480 e. The molecule has 1 aliphatic rings. The monoisotopic (exact) mass is 727 g/mol. The molecule has 1 aliphatic heterocycles. The average Bonchev–Trinajstić information content (AvgIpc) is 3.70. The number of unbranched alkanes of at least 4 members (excludes halogenated alkanes) is 1. The van der Waals surface area contributed by atoms with Crippen LogP contribution in [-0.2, 0) is 28.7 Å². The van der Waals surface area contributed by atoms with Crippen LogP contribution in [-0.4, -0.2) is 93.4 Å². The highest BCUT2D eigenvalue weighted by Gasteiger charge is 2.28. The van der Waals surface area contributed by atoms with Crippen LogP contribution in [0.15, 0.2) is 35.3 Å². The Bertz CT molecular complexity index is 1820. The Hall–Kier alpha value is -4.77. The summed E-state index contributed by atoms with van der Waals surface area (Å²) < 4.78 is 6.01. The Morgan fingerprint density at radius 2 is 1.78 bits per heavy atom. The van der Waals surface area contributed by atoms with Gasteiger partial charge >= 0.3 is 12.1 Å². The lowest BCUT2D eigenvalue weighted by molar-refractivity contribution is -0.137. The molecule has 5 amide bonds. The van der Waals surface area contributed by atoms with Crippen LogP contribution in [0, 0.1) is 0 Å². The molecule has 50 heavy (non-hydrogen) atoms. The first kappa shape index (κ1) is 38.0. The number of aliphatic imine (C=N–C) groups is 1. The molecular formula is C33H41N7O8S2. The lowest BCUT2D eigenvalue weighted by atomic mass is 10.1. The Morgan fingerprint density at radius 1 is 1.02 bits per heavy atom. The van der Waals surface area contributed by atoms with Gasteiger partial charge in [-0.15, -0.1) is 23.1 Å². The molecule has 2 aromatic carbocycles. The van der Waals surface area contributed by atoms with Crippen molar-refractivity contribution < 1.29 is 38.6 Å². The van der Waals surface area contributed by atoms with Gasteiger partial charge in [-0.25, -0.2) is 14.6 Å². The maximum absolute atomic E-state index is 13.5. The molecule has 0 spiro atoms.